The minimum absolute atomic E-state index is 0.00463. The van der Waals surface area contributed by atoms with E-state index in [9.17, 15) is 18.5 Å². The van der Waals surface area contributed by atoms with E-state index < -0.39 is 26.2 Å². The Balaban J connectivity index is 2.80. The zero-order valence-corrected chi connectivity index (χ0v) is 11.4. The molecule has 0 amide bonds. The summed E-state index contributed by atoms with van der Waals surface area (Å²) in [5.41, 5.74) is -0.767. The number of aromatic nitrogens is 1. The van der Waals surface area contributed by atoms with Gasteiger partial charge in [-0.1, -0.05) is 13.8 Å². The number of nitrogens with zero attached hydrogens (tertiary/aromatic N) is 2. The first-order chi connectivity index (χ1) is 8.61. The Morgan fingerprint density at radius 1 is 1.53 bits per heavy atom. The molecule has 1 aromatic rings. The van der Waals surface area contributed by atoms with Crippen molar-refractivity contribution in [2.45, 2.75) is 13.8 Å². The van der Waals surface area contributed by atoms with Crippen LogP contribution in [0.1, 0.15) is 13.8 Å². The summed E-state index contributed by atoms with van der Waals surface area (Å²) in [6, 6.07) is 2.90. The highest BCUT2D eigenvalue weighted by molar-refractivity contribution is 7.89. The van der Waals surface area contributed by atoms with Gasteiger partial charge in [-0.25, -0.2) is 13.6 Å². The van der Waals surface area contributed by atoms with Crippen LogP contribution in [0, 0.1) is 15.5 Å². The van der Waals surface area contributed by atoms with E-state index in [1.54, 1.807) is 13.8 Å². The molecule has 0 spiro atoms. The van der Waals surface area contributed by atoms with E-state index in [4.69, 9.17) is 9.88 Å². The van der Waals surface area contributed by atoms with Crippen molar-refractivity contribution in [3.63, 3.8) is 0 Å². The number of hydrogen-bond donors (Lipinski definition) is 1. The lowest BCUT2D eigenvalue weighted by Crippen LogP contribution is -2.33. The number of nitro groups is 1. The molecule has 0 aliphatic rings. The Hall–Kier alpha value is -1.74. The van der Waals surface area contributed by atoms with Gasteiger partial charge in [0.1, 0.15) is 6.20 Å². The van der Waals surface area contributed by atoms with Crippen molar-refractivity contribution in [3.8, 4) is 5.75 Å². The standard InChI is InChI=1S/C10H15N3O5S/c1-10(2,7-19(11,16)17)6-18-8-4-3-5-12-9(8)13(14)15/h3-5H,6-7H2,1-2H3,(H2,11,16,17). The molecule has 0 aliphatic carbocycles. The molecule has 1 rings (SSSR count). The summed E-state index contributed by atoms with van der Waals surface area (Å²) in [7, 11) is -3.64. The van der Waals surface area contributed by atoms with Crippen molar-refractivity contribution in [1.29, 1.82) is 0 Å². The van der Waals surface area contributed by atoms with E-state index in [-0.39, 0.29) is 18.1 Å². The Labute approximate surface area is 110 Å². The average molecular weight is 289 g/mol. The van der Waals surface area contributed by atoms with Crippen molar-refractivity contribution < 1.29 is 18.1 Å². The highest BCUT2D eigenvalue weighted by atomic mass is 32.2. The van der Waals surface area contributed by atoms with Gasteiger partial charge in [0.2, 0.25) is 15.8 Å². The minimum atomic E-state index is -3.64. The van der Waals surface area contributed by atoms with E-state index in [1.807, 2.05) is 0 Å². The van der Waals surface area contributed by atoms with Crippen LogP contribution in [-0.2, 0) is 10.0 Å². The van der Waals surface area contributed by atoms with Crippen LogP contribution < -0.4 is 9.88 Å². The quantitative estimate of drug-likeness (QED) is 0.606. The van der Waals surface area contributed by atoms with Crippen LogP contribution in [0.3, 0.4) is 0 Å². The molecule has 0 aliphatic heterocycles. The molecule has 0 unspecified atom stereocenters. The topological polar surface area (TPSA) is 125 Å². The van der Waals surface area contributed by atoms with Crippen LogP contribution >= 0.6 is 0 Å². The van der Waals surface area contributed by atoms with Crippen molar-refractivity contribution in [2.24, 2.45) is 10.6 Å². The monoisotopic (exact) mass is 289 g/mol. The van der Waals surface area contributed by atoms with Gasteiger partial charge in [-0.3, -0.25) is 0 Å². The van der Waals surface area contributed by atoms with Crippen LogP contribution in [0.2, 0.25) is 0 Å². The largest absolute Gasteiger partial charge is 0.485 e. The molecule has 0 saturated heterocycles. The first kappa shape index (κ1) is 15.3. The molecule has 1 aromatic heterocycles. The van der Waals surface area contributed by atoms with Crippen LogP contribution in [-0.4, -0.2) is 30.7 Å². The summed E-state index contributed by atoms with van der Waals surface area (Å²) < 4.78 is 27.4. The highest BCUT2D eigenvalue weighted by Crippen LogP contribution is 2.26. The van der Waals surface area contributed by atoms with Gasteiger partial charge >= 0.3 is 5.82 Å². The van der Waals surface area contributed by atoms with E-state index >= 15 is 0 Å². The zero-order chi connectivity index (χ0) is 14.7. The van der Waals surface area contributed by atoms with E-state index in [1.165, 1.54) is 18.3 Å². The van der Waals surface area contributed by atoms with Crippen molar-refractivity contribution in [1.82, 2.24) is 4.98 Å². The van der Waals surface area contributed by atoms with Crippen LogP contribution in [0.15, 0.2) is 18.3 Å². The smallest absolute Gasteiger partial charge is 0.406 e. The van der Waals surface area contributed by atoms with E-state index in [0.29, 0.717) is 0 Å². The SMILES string of the molecule is CC(C)(COc1cccnc1[N+](=O)[O-])CS(N)(=O)=O. The van der Waals surface area contributed by atoms with E-state index in [2.05, 4.69) is 4.98 Å². The summed E-state index contributed by atoms with van der Waals surface area (Å²) in [4.78, 5) is 13.6. The Kier molecular flexibility index (Phi) is 4.43. The first-order valence-corrected chi connectivity index (χ1v) is 7.05. The molecule has 0 aromatic carbocycles. The number of hydrogen-bond acceptors (Lipinski definition) is 6. The molecule has 1 heterocycles. The third kappa shape index (κ3) is 5.18. The van der Waals surface area contributed by atoms with Gasteiger partial charge in [-0.05, 0) is 22.0 Å². The first-order valence-electron chi connectivity index (χ1n) is 5.33. The maximum absolute atomic E-state index is 11.0. The summed E-state index contributed by atoms with van der Waals surface area (Å²) in [6.07, 6.45) is 1.28. The molecular formula is C10H15N3O5S. The van der Waals surface area contributed by atoms with Gasteiger partial charge < -0.3 is 14.9 Å². The maximum atomic E-state index is 11.0. The number of nitrogens with two attached hydrogens (primary N) is 1. The maximum Gasteiger partial charge on any atom is 0.406 e. The fraction of sp³-hybridized carbons (Fsp3) is 0.500. The fourth-order valence-electron chi connectivity index (χ4n) is 1.49. The molecular weight excluding hydrogens is 274 g/mol. The molecule has 0 fully saturated rings. The second-order valence-corrected chi connectivity index (χ2v) is 6.46. The second-order valence-electron chi connectivity index (χ2n) is 4.84. The predicted octanol–water partition coefficient (Wildman–Crippen LogP) is 0.683. The van der Waals surface area contributed by atoms with E-state index in [0.717, 1.165) is 0 Å². The van der Waals surface area contributed by atoms with Crippen molar-refractivity contribution >= 4 is 15.8 Å². The lowest BCUT2D eigenvalue weighted by atomic mass is 9.98. The molecule has 106 valence electrons. The highest BCUT2D eigenvalue weighted by Gasteiger charge is 2.26. The van der Waals surface area contributed by atoms with Crippen LogP contribution in [0.4, 0.5) is 5.82 Å². The number of pyridine rings is 1. The Bertz CT molecular complexity index is 570. The molecule has 8 nitrogen and oxygen atoms in total. The number of ether oxygens (including phenoxy) is 1. The molecule has 0 bridgehead atoms. The summed E-state index contributed by atoms with van der Waals surface area (Å²) in [5.74, 6) is -0.697. The summed E-state index contributed by atoms with van der Waals surface area (Å²) >= 11 is 0. The molecule has 0 atom stereocenters. The number of sulfonamides is 1. The fourth-order valence-corrected chi connectivity index (χ4v) is 2.66. The van der Waals surface area contributed by atoms with Gasteiger partial charge in [-0.15, -0.1) is 0 Å². The Morgan fingerprint density at radius 2 is 2.16 bits per heavy atom. The Morgan fingerprint density at radius 3 is 2.68 bits per heavy atom. The van der Waals surface area contributed by atoms with Crippen molar-refractivity contribution in [2.75, 3.05) is 12.4 Å². The molecule has 2 N–H and O–H groups in total. The lowest BCUT2D eigenvalue weighted by molar-refractivity contribution is -0.390. The third-order valence-electron chi connectivity index (χ3n) is 2.13. The van der Waals surface area contributed by atoms with Gasteiger partial charge in [0.15, 0.2) is 0 Å². The predicted molar refractivity (Wildman–Crippen MR) is 68.1 cm³/mol. The average Bonchev–Trinajstić information content (AvgIpc) is 2.23. The third-order valence-corrected chi connectivity index (χ3v) is 3.32. The second kappa shape index (κ2) is 5.49. The minimum Gasteiger partial charge on any atom is -0.485 e. The summed E-state index contributed by atoms with van der Waals surface area (Å²) in [5, 5.41) is 15.7. The van der Waals surface area contributed by atoms with Crippen molar-refractivity contribution in [3.05, 3.63) is 28.4 Å². The number of rotatable bonds is 6. The molecule has 19 heavy (non-hydrogen) atoms. The number of primary sulfonamides is 1. The van der Waals surface area contributed by atoms with Gasteiger partial charge in [0, 0.05) is 5.41 Å². The lowest BCUT2D eigenvalue weighted by Gasteiger charge is -2.23. The zero-order valence-electron chi connectivity index (χ0n) is 10.6. The normalized spacial score (nSPS) is 12.2. The molecule has 0 saturated carbocycles. The van der Waals surface area contributed by atoms with Crippen LogP contribution in [0.25, 0.3) is 0 Å². The van der Waals surface area contributed by atoms with Gasteiger partial charge in [-0.2, -0.15) is 0 Å². The van der Waals surface area contributed by atoms with Gasteiger partial charge in [0.05, 0.1) is 12.4 Å². The molecule has 0 radical (unpaired) electrons. The summed E-state index contributed by atoms with van der Waals surface area (Å²) in [6.45, 7) is 3.25. The van der Waals surface area contributed by atoms with Crippen LogP contribution in [0.5, 0.6) is 5.75 Å². The van der Waals surface area contributed by atoms with Gasteiger partial charge in [0.25, 0.3) is 0 Å². The molecule has 9 heteroatoms.